The summed E-state index contributed by atoms with van der Waals surface area (Å²) in [6, 6.07) is 21.3. The number of carbonyl (C=O) groups is 1. The van der Waals surface area contributed by atoms with Crippen molar-refractivity contribution in [1.82, 2.24) is 14.6 Å². The first kappa shape index (κ1) is 17.4. The Bertz CT molecular complexity index is 1310. The number of carbonyl (C=O) groups excluding carboxylic acids is 1. The van der Waals surface area contributed by atoms with E-state index in [1.165, 1.54) is 17.2 Å². The van der Waals surface area contributed by atoms with E-state index in [4.69, 9.17) is 9.84 Å². The van der Waals surface area contributed by atoms with Crippen LogP contribution in [0, 0.1) is 0 Å². The Morgan fingerprint density at radius 2 is 1.90 bits per heavy atom. The first-order chi connectivity index (χ1) is 14.2. The number of rotatable bonds is 4. The number of fused-ring (bicyclic) bond motifs is 2. The Labute approximate surface area is 170 Å². The SMILES string of the molecule is COC(=O)c1ccc(Nc2ccc3ncc(-c4cc5ccccc5s4)n3n2)cc1. The third-order valence-corrected chi connectivity index (χ3v) is 5.76. The van der Waals surface area contributed by atoms with Crippen LogP contribution in [-0.4, -0.2) is 27.7 Å². The number of hydrogen-bond donors (Lipinski definition) is 1. The van der Waals surface area contributed by atoms with E-state index in [-0.39, 0.29) is 5.97 Å². The van der Waals surface area contributed by atoms with Gasteiger partial charge in [0.25, 0.3) is 0 Å². The molecule has 0 fully saturated rings. The smallest absolute Gasteiger partial charge is 0.337 e. The highest BCUT2D eigenvalue weighted by atomic mass is 32.1. The Morgan fingerprint density at radius 3 is 2.69 bits per heavy atom. The van der Waals surface area contributed by atoms with Crippen molar-refractivity contribution < 1.29 is 9.53 Å². The second kappa shape index (κ2) is 7.03. The van der Waals surface area contributed by atoms with Crippen LogP contribution in [0.15, 0.2) is 72.9 Å². The van der Waals surface area contributed by atoms with Gasteiger partial charge in [-0.1, -0.05) is 18.2 Å². The lowest BCUT2D eigenvalue weighted by Gasteiger charge is -2.07. The molecule has 0 spiro atoms. The number of benzene rings is 2. The minimum atomic E-state index is -0.359. The lowest BCUT2D eigenvalue weighted by Crippen LogP contribution is -2.02. The van der Waals surface area contributed by atoms with Crippen LogP contribution >= 0.6 is 11.3 Å². The molecule has 0 aliphatic heterocycles. The second-order valence-corrected chi connectivity index (χ2v) is 7.56. The molecule has 0 aliphatic rings. The summed E-state index contributed by atoms with van der Waals surface area (Å²) in [6.45, 7) is 0. The predicted octanol–water partition coefficient (Wildman–Crippen LogP) is 5.14. The molecule has 2 aromatic carbocycles. The number of thiophene rings is 1. The van der Waals surface area contributed by atoms with Crippen LogP contribution in [0.1, 0.15) is 10.4 Å². The van der Waals surface area contributed by atoms with Gasteiger partial charge in [-0.3, -0.25) is 0 Å². The van der Waals surface area contributed by atoms with Crippen LogP contribution in [0.3, 0.4) is 0 Å². The van der Waals surface area contributed by atoms with Crippen LogP contribution < -0.4 is 5.32 Å². The van der Waals surface area contributed by atoms with Crippen LogP contribution in [0.5, 0.6) is 0 Å². The first-order valence-corrected chi connectivity index (χ1v) is 9.82. The molecular formula is C22H16N4O2S. The number of imidazole rings is 1. The maximum atomic E-state index is 11.6. The summed E-state index contributed by atoms with van der Waals surface area (Å²) in [5.74, 6) is 0.325. The third-order valence-electron chi connectivity index (χ3n) is 4.62. The number of esters is 1. The van der Waals surface area contributed by atoms with Gasteiger partial charge in [-0.25, -0.2) is 14.3 Å². The fourth-order valence-electron chi connectivity index (χ4n) is 3.17. The largest absolute Gasteiger partial charge is 0.465 e. The summed E-state index contributed by atoms with van der Waals surface area (Å²) in [5.41, 5.74) is 3.06. The van der Waals surface area contributed by atoms with E-state index in [1.807, 2.05) is 47.1 Å². The summed E-state index contributed by atoms with van der Waals surface area (Å²) >= 11 is 1.72. The molecule has 6 nitrogen and oxygen atoms in total. The Morgan fingerprint density at radius 1 is 1.07 bits per heavy atom. The third kappa shape index (κ3) is 3.21. The summed E-state index contributed by atoms with van der Waals surface area (Å²) in [7, 11) is 1.37. The van der Waals surface area contributed by atoms with Gasteiger partial charge in [0.2, 0.25) is 0 Å². The van der Waals surface area contributed by atoms with Crippen LogP contribution in [0.4, 0.5) is 11.5 Å². The standard InChI is InChI=1S/C22H16N4O2S/c1-28-22(27)14-6-8-16(9-7-14)24-20-10-11-21-23-13-17(26(21)25-20)19-12-15-4-2-3-5-18(15)29-19/h2-13H,1H3,(H,24,25). The minimum absolute atomic E-state index is 0.359. The number of hydrogen-bond acceptors (Lipinski definition) is 6. The average Bonchev–Trinajstić information content (AvgIpc) is 3.37. The molecule has 0 bridgehead atoms. The maximum absolute atomic E-state index is 11.6. The Balaban J connectivity index is 1.48. The predicted molar refractivity (Wildman–Crippen MR) is 115 cm³/mol. The van der Waals surface area contributed by atoms with Crippen molar-refractivity contribution in [2.24, 2.45) is 0 Å². The van der Waals surface area contributed by atoms with Gasteiger partial charge in [-0.05, 0) is 53.9 Å². The molecule has 0 amide bonds. The van der Waals surface area contributed by atoms with Crippen LogP contribution in [0.2, 0.25) is 0 Å². The molecule has 7 heteroatoms. The van der Waals surface area contributed by atoms with Crippen molar-refractivity contribution in [3.8, 4) is 10.6 Å². The van der Waals surface area contributed by atoms with E-state index in [9.17, 15) is 4.79 Å². The Kier molecular flexibility index (Phi) is 4.22. The zero-order valence-electron chi connectivity index (χ0n) is 15.5. The van der Waals surface area contributed by atoms with Gasteiger partial charge < -0.3 is 10.1 Å². The molecule has 1 N–H and O–H groups in total. The number of aromatic nitrogens is 3. The number of nitrogens with zero attached hydrogens (tertiary/aromatic N) is 3. The number of ether oxygens (including phenoxy) is 1. The van der Waals surface area contributed by atoms with Gasteiger partial charge in [0.15, 0.2) is 11.5 Å². The summed E-state index contributed by atoms with van der Waals surface area (Å²) in [6.07, 6.45) is 1.85. The van der Waals surface area contributed by atoms with Gasteiger partial charge in [0, 0.05) is 10.4 Å². The molecule has 5 aromatic rings. The Hall–Kier alpha value is -3.71. The van der Waals surface area contributed by atoms with E-state index >= 15 is 0 Å². The average molecular weight is 400 g/mol. The van der Waals surface area contributed by atoms with Crippen molar-refractivity contribution in [1.29, 1.82) is 0 Å². The number of methoxy groups -OCH3 is 1. The highest BCUT2D eigenvalue weighted by molar-refractivity contribution is 7.22. The summed E-state index contributed by atoms with van der Waals surface area (Å²) < 4.78 is 7.81. The van der Waals surface area contributed by atoms with Crippen molar-refractivity contribution in [2.75, 3.05) is 12.4 Å². The molecule has 0 radical (unpaired) electrons. The number of nitrogens with one attached hydrogen (secondary N) is 1. The summed E-state index contributed by atoms with van der Waals surface area (Å²) in [5, 5.41) is 9.19. The molecule has 3 aromatic heterocycles. The molecule has 0 unspecified atom stereocenters. The monoisotopic (exact) mass is 400 g/mol. The lowest BCUT2D eigenvalue weighted by atomic mass is 10.2. The van der Waals surface area contributed by atoms with Gasteiger partial charge in [0.05, 0.1) is 23.7 Å². The van der Waals surface area contributed by atoms with Crippen LogP contribution in [-0.2, 0) is 4.74 Å². The van der Waals surface area contributed by atoms with Gasteiger partial charge in [-0.15, -0.1) is 16.4 Å². The van der Waals surface area contributed by atoms with Crippen molar-refractivity contribution in [3.63, 3.8) is 0 Å². The molecule has 0 aliphatic carbocycles. The fraction of sp³-hybridized carbons (Fsp3) is 0.0455. The summed E-state index contributed by atoms with van der Waals surface area (Å²) in [4.78, 5) is 17.2. The van der Waals surface area contributed by atoms with Crippen molar-refractivity contribution in [3.05, 3.63) is 78.5 Å². The lowest BCUT2D eigenvalue weighted by molar-refractivity contribution is 0.0601. The molecule has 0 saturated carbocycles. The normalized spacial score (nSPS) is 11.1. The minimum Gasteiger partial charge on any atom is -0.465 e. The zero-order chi connectivity index (χ0) is 19.8. The number of anilines is 2. The topological polar surface area (TPSA) is 68.5 Å². The van der Waals surface area contributed by atoms with E-state index in [1.54, 1.807) is 23.5 Å². The van der Waals surface area contributed by atoms with E-state index in [0.717, 1.165) is 21.9 Å². The molecule has 29 heavy (non-hydrogen) atoms. The van der Waals surface area contributed by atoms with Gasteiger partial charge in [0.1, 0.15) is 5.69 Å². The quantitative estimate of drug-likeness (QED) is 0.423. The molecule has 0 saturated heterocycles. The molecular weight excluding hydrogens is 384 g/mol. The van der Waals surface area contributed by atoms with Crippen LogP contribution in [0.25, 0.3) is 26.3 Å². The highest BCUT2D eigenvalue weighted by Crippen LogP contribution is 2.33. The molecule has 3 heterocycles. The maximum Gasteiger partial charge on any atom is 0.337 e. The first-order valence-electron chi connectivity index (χ1n) is 9.00. The van der Waals surface area contributed by atoms with Gasteiger partial charge >= 0.3 is 5.97 Å². The van der Waals surface area contributed by atoms with E-state index in [0.29, 0.717) is 11.4 Å². The zero-order valence-corrected chi connectivity index (χ0v) is 16.3. The van der Waals surface area contributed by atoms with Crippen molar-refractivity contribution >= 4 is 44.5 Å². The van der Waals surface area contributed by atoms with E-state index in [2.05, 4.69) is 28.5 Å². The highest BCUT2D eigenvalue weighted by Gasteiger charge is 2.11. The fourth-order valence-corrected chi connectivity index (χ4v) is 4.23. The molecule has 5 rings (SSSR count). The van der Waals surface area contributed by atoms with Crippen molar-refractivity contribution in [2.45, 2.75) is 0 Å². The second-order valence-electron chi connectivity index (χ2n) is 6.47. The molecule has 142 valence electrons. The van der Waals surface area contributed by atoms with Gasteiger partial charge in [-0.2, -0.15) is 0 Å². The molecule has 0 atom stereocenters. The van der Waals surface area contributed by atoms with E-state index < -0.39 is 0 Å².